The van der Waals surface area contributed by atoms with Crippen LogP contribution in [0, 0.1) is 17.1 Å². The number of amides is 1. The van der Waals surface area contributed by atoms with Crippen LogP contribution in [-0.2, 0) is 14.3 Å². The van der Waals surface area contributed by atoms with Crippen LogP contribution in [-0.4, -0.2) is 49.4 Å². The molecule has 0 aliphatic heterocycles. The summed E-state index contributed by atoms with van der Waals surface area (Å²) >= 11 is 0. The van der Waals surface area contributed by atoms with Crippen LogP contribution in [0.25, 0.3) is 0 Å². The number of nitrogens with zero attached hydrogens (tertiary/aromatic N) is 2. The van der Waals surface area contributed by atoms with E-state index in [9.17, 15) is 14.0 Å². The van der Waals surface area contributed by atoms with Crippen molar-refractivity contribution in [3.63, 3.8) is 0 Å². The second kappa shape index (κ2) is 11.8. The van der Waals surface area contributed by atoms with E-state index in [0.717, 1.165) is 0 Å². The Hall–Kier alpha value is -2.99. The second-order valence-electron chi connectivity index (χ2n) is 6.80. The first-order chi connectivity index (χ1) is 13.7. The molecule has 9 heteroatoms. The maximum atomic E-state index is 13.0. The van der Waals surface area contributed by atoms with E-state index in [4.69, 9.17) is 20.5 Å². The van der Waals surface area contributed by atoms with Crippen molar-refractivity contribution in [3.05, 3.63) is 30.1 Å². The zero-order valence-corrected chi connectivity index (χ0v) is 16.9. The van der Waals surface area contributed by atoms with Crippen LogP contribution in [0.5, 0.6) is 5.75 Å². The van der Waals surface area contributed by atoms with Crippen molar-refractivity contribution in [2.45, 2.75) is 44.8 Å². The van der Waals surface area contributed by atoms with E-state index in [1.807, 2.05) is 6.07 Å². The van der Waals surface area contributed by atoms with E-state index in [-0.39, 0.29) is 24.6 Å². The number of hydrogen-bond acceptors (Lipinski definition) is 6. The first-order valence-electron chi connectivity index (χ1n) is 9.12. The smallest absolute Gasteiger partial charge is 0.252 e. The Morgan fingerprint density at radius 2 is 2.00 bits per heavy atom. The molecule has 3 N–H and O–H groups in total. The molecule has 0 aromatic heterocycles. The third-order valence-corrected chi connectivity index (χ3v) is 4.17. The summed E-state index contributed by atoms with van der Waals surface area (Å²) in [4.78, 5) is 29.0. The summed E-state index contributed by atoms with van der Waals surface area (Å²) in [6.07, 6.45) is 0.805. The third kappa shape index (κ3) is 8.70. The number of hydrogen-bond donors (Lipinski definition) is 2. The van der Waals surface area contributed by atoms with E-state index in [0.29, 0.717) is 25.1 Å². The summed E-state index contributed by atoms with van der Waals surface area (Å²) < 4.78 is 23.5. The van der Waals surface area contributed by atoms with Crippen molar-refractivity contribution in [3.8, 4) is 11.8 Å². The van der Waals surface area contributed by atoms with Gasteiger partial charge in [-0.05, 0) is 51.0 Å². The van der Waals surface area contributed by atoms with Gasteiger partial charge in [0, 0.05) is 13.7 Å². The molecular formula is C20H27FN4O4. The lowest BCUT2D eigenvalue weighted by molar-refractivity contribution is -0.142. The van der Waals surface area contributed by atoms with Crippen LogP contribution in [0.2, 0.25) is 0 Å². The predicted molar refractivity (Wildman–Crippen MR) is 106 cm³/mol. The van der Waals surface area contributed by atoms with Crippen molar-refractivity contribution in [1.82, 2.24) is 5.32 Å². The van der Waals surface area contributed by atoms with Crippen LogP contribution in [0.3, 0.4) is 0 Å². The van der Waals surface area contributed by atoms with Crippen LogP contribution < -0.4 is 15.8 Å². The Balaban J connectivity index is 2.73. The Labute approximate surface area is 169 Å². The molecule has 1 aromatic rings. The lowest BCUT2D eigenvalue weighted by Gasteiger charge is -2.25. The quantitative estimate of drug-likeness (QED) is 0.309. The van der Waals surface area contributed by atoms with E-state index in [1.54, 1.807) is 13.8 Å². The number of carbonyl (C=O) groups is 2. The molecule has 1 amide bonds. The minimum atomic E-state index is -1.11. The number of methoxy groups -OCH3 is 1. The number of Topliss-reactive ketones (excluding diaryl/α,β-unsaturated/α-hetero) is 1. The molecule has 158 valence electrons. The number of amidine groups is 1. The van der Waals surface area contributed by atoms with Gasteiger partial charge >= 0.3 is 0 Å². The van der Waals surface area contributed by atoms with Crippen LogP contribution in [0.1, 0.15) is 33.1 Å². The molecule has 0 aliphatic rings. The van der Waals surface area contributed by atoms with Gasteiger partial charge in [0.05, 0.1) is 18.5 Å². The highest BCUT2D eigenvalue weighted by Crippen LogP contribution is 2.13. The van der Waals surface area contributed by atoms with Gasteiger partial charge in [-0.3, -0.25) is 14.6 Å². The summed E-state index contributed by atoms with van der Waals surface area (Å²) in [5.41, 5.74) is 4.46. The zero-order chi connectivity index (χ0) is 21.9. The Morgan fingerprint density at radius 3 is 2.59 bits per heavy atom. The van der Waals surface area contributed by atoms with E-state index >= 15 is 0 Å². The van der Waals surface area contributed by atoms with Gasteiger partial charge < -0.3 is 20.5 Å². The number of ketones is 1. The van der Waals surface area contributed by atoms with Crippen LogP contribution in [0.4, 0.5) is 4.39 Å². The maximum Gasteiger partial charge on any atom is 0.252 e. The monoisotopic (exact) mass is 406 g/mol. The van der Waals surface area contributed by atoms with Gasteiger partial charge in [-0.25, -0.2) is 4.39 Å². The highest BCUT2D eigenvalue weighted by molar-refractivity contribution is 5.92. The van der Waals surface area contributed by atoms with Gasteiger partial charge in [-0.1, -0.05) is 0 Å². The Kier molecular flexibility index (Phi) is 9.75. The molecule has 0 saturated heterocycles. The first kappa shape index (κ1) is 24.0. The number of carbonyl (C=O) groups excluding carboxylic acids is 2. The van der Waals surface area contributed by atoms with E-state index < -0.39 is 23.4 Å². The molecule has 1 rings (SSSR count). The average molecular weight is 406 g/mol. The number of nitrogens with two attached hydrogens (primary N) is 1. The SMILES string of the molecule is COC(C)(C)C(=O)N[C@@H](CCCN=C(N)CC#N)C(=O)COc1ccc(F)cc1. The van der Waals surface area contributed by atoms with Gasteiger partial charge in [-0.2, -0.15) is 5.26 Å². The Bertz CT molecular complexity index is 757. The molecule has 0 saturated carbocycles. The summed E-state index contributed by atoms with van der Waals surface area (Å²) in [5.74, 6) is -0.626. The lowest BCUT2D eigenvalue weighted by Crippen LogP contribution is -2.51. The molecule has 1 atom stereocenters. The topological polar surface area (TPSA) is 127 Å². The van der Waals surface area contributed by atoms with Crippen molar-refractivity contribution in [2.75, 3.05) is 20.3 Å². The van der Waals surface area contributed by atoms with Crippen molar-refractivity contribution in [1.29, 1.82) is 5.26 Å². The number of ether oxygens (including phenoxy) is 2. The molecule has 0 radical (unpaired) electrons. The highest BCUT2D eigenvalue weighted by Gasteiger charge is 2.31. The fourth-order valence-corrected chi connectivity index (χ4v) is 2.18. The number of benzene rings is 1. The number of aliphatic imine (C=N–C) groups is 1. The van der Waals surface area contributed by atoms with Gasteiger partial charge in [-0.15, -0.1) is 0 Å². The van der Waals surface area contributed by atoms with E-state index in [1.165, 1.54) is 31.4 Å². The largest absolute Gasteiger partial charge is 0.486 e. The maximum absolute atomic E-state index is 13.0. The van der Waals surface area contributed by atoms with Crippen molar-refractivity contribution in [2.24, 2.45) is 10.7 Å². The van der Waals surface area contributed by atoms with Crippen molar-refractivity contribution >= 4 is 17.5 Å². The number of rotatable bonds is 12. The standard InChI is InChI=1S/C20H27FN4O4/c1-20(2,28-3)19(27)25-16(5-4-12-24-18(23)10-11-22)17(26)13-29-15-8-6-14(21)7-9-15/h6-9,16H,4-5,10,12-13H2,1-3H3,(H2,23,24)(H,25,27)/t16-/m0/s1. The highest BCUT2D eigenvalue weighted by atomic mass is 19.1. The molecule has 0 fully saturated rings. The third-order valence-electron chi connectivity index (χ3n) is 4.17. The lowest BCUT2D eigenvalue weighted by atomic mass is 10.0. The second-order valence-corrected chi connectivity index (χ2v) is 6.80. The van der Waals surface area contributed by atoms with Gasteiger partial charge in [0.15, 0.2) is 5.78 Å². The summed E-state index contributed by atoms with van der Waals surface area (Å²) in [5, 5.41) is 11.3. The molecule has 8 nitrogen and oxygen atoms in total. The van der Waals surface area contributed by atoms with Gasteiger partial charge in [0.1, 0.15) is 29.6 Å². The molecular weight excluding hydrogens is 379 g/mol. The normalized spacial score (nSPS) is 12.7. The van der Waals surface area contributed by atoms with Crippen molar-refractivity contribution < 1.29 is 23.5 Å². The van der Waals surface area contributed by atoms with E-state index in [2.05, 4.69) is 10.3 Å². The van der Waals surface area contributed by atoms with Crippen LogP contribution in [0.15, 0.2) is 29.3 Å². The molecule has 0 spiro atoms. The molecule has 0 aliphatic carbocycles. The zero-order valence-electron chi connectivity index (χ0n) is 16.9. The molecule has 0 heterocycles. The summed E-state index contributed by atoms with van der Waals surface area (Å²) in [6.45, 7) is 3.21. The number of nitrogens with one attached hydrogen (secondary N) is 1. The first-order valence-corrected chi connectivity index (χ1v) is 9.12. The Morgan fingerprint density at radius 1 is 1.34 bits per heavy atom. The summed E-state index contributed by atoms with van der Waals surface area (Å²) in [7, 11) is 1.40. The fraction of sp³-hybridized carbons (Fsp3) is 0.500. The molecule has 29 heavy (non-hydrogen) atoms. The minimum absolute atomic E-state index is 0.0344. The van der Waals surface area contributed by atoms with Gasteiger partial charge in [0.25, 0.3) is 5.91 Å². The fourth-order valence-electron chi connectivity index (χ4n) is 2.18. The minimum Gasteiger partial charge on any atom is -0.486 e. The molecule has 0 unspecified atom stereocenters. The summed E-state index contributed by atoms with van der Waals surface area (Å²) in [6, 6.07) is 6.36. The predicted octanol–water partition coefficient (Wildman–Crippen LogP) is 1.73. The average Bonchev–Trinajstić information content (AvgIpc) is 2.69. The van der Waals surface area contributed by atoms with Crippen LogP contribution >= 0.6 is 0 Å². The van der Waals surface area contributed by atoms with Gasteiger partial charge in [0.2, 0.25) is 0 Å². The number of nitriles is 1. The molecule has 0 bridgehead atoms. The molecule has 1 aromatic carbocycles. The number of halogens is 1.